The van der Waals surface area contributed by atoms with Crippen LogP contribution < -0.4 is 22.1 Å². The maximum Gasteiger partial charge on any atom is 0.244 e. The SMILES string of the molecule is CC(=O)NCCNC(=O)C=Cc1cc(N)ccc1N.Cl. The molecule has 0 spiro atoms. The number of amides is 2. The highest BCUT2D eigenvalue weighted by atomic mass is 35.5. The van der Waals surface area contributed by atoms with Crippen molar-refractivity contribution in [1.29, 1.82) is 0 Å². The molecule has 1 aromatic rings. The summed E-state index contributed by atoms with van der Waals surface area (Å²) in [6.07, 6.45) is 2.97. The van der Waals surface area contributed by atoms with Gasteiger partial charge in [0.1, 0.15) is 0 Å². The zero-order valence-electron chi connectivity index (χ0n) is 11.2. The lowest BCUT2D eigenvalue weighted by atomic mass is 10.1. The Labute approximate surface area is 124 Å². The molecule has 0 aliphatic heterocycles. The molecule has 6 N–H and O–H groups in total. The van der Waals surface area contributed by atoms with Crippen LogP contribution >= 0.6 is 12.4 Å². The van der Waals surface area contributed by atoms with E-state index >= 15 is 0 Å². The fourth-order valence-corrected chi connectivity index (χ4v) is 1.39. The zero-order valence-corrected chi connectivity index (χ0v) is 12.0. The van der Waals surface area contributed by atoms with E-state index in [0.717, 1.165) is 0 Å². The predicted octanol–water partition coefficient (Wildman–Crippen LogP) is 0.538. The van der Waals surface area contributed by atoms with Crippen LogP contribution in [0.25, 0.3) is 6.08 Å². The summed E-state index contributed by atoms with van der Waals surface area (Å²) in [5.41, 5.74) is 13.2. The normalized spacial score (nSPS) is 9.85. The van der Waals surface area contributed by atoms with E-state index in [-0.39, 0.29) is 24.2 Å². The Kier molecular flexibility index (Phi) is 7.84. The number of anilines is 2. The summed E-state index contributed by atoms with van der Waals surface area (Å²) in [5, 5.41) is 5.21. The molecule has 0 fully saturated rings. The molecule has 110 valence electrons. The van der Waals surface area contributed by atoms with Gasteiger partial charge >= 0.3 is 0 Å². The monoisotopic (exact) mass is 298 g/mol. The van der Waals surface area contributed by atoms with E-state index in [1.807, 2.05) is 0 Å². The van der Waals surface area contributed by atoms with Gasteiger partial charge in [0.15, 0.2) is 0 Å². The molecule has 0 saturated heterocycles. The Morgan fingerprint density at radius 2 is 1.85 bits per heavy atom. The first-order valence-electron chi connectivity index (χ1n) is 5.84. The van der Waals surface area contributed by atoms with Gasteiger partial charge in [0.25, 0.3) is 0 Å². The number of carbonyl (C=O) groups excluding carboxylic acids is 2. The molecule has 6 nitrogen and oxygen atoms in total. The van der Waals surface area contributed by atoms with Crippen LogP contribution in [0.4, 0.5) is 11.4 Å². The number of rotatable bonds is 5. The van der Waals surface area contributed by atoms with Crippen LogP contribution in [0.2, 0.25) is 0 Å². The molecule has 0 aromatic heterocycles. The molecule has 0 radical (unpaired) electrons. The summed E-state index contributed by atoms with van der Waals surface area (Å²) in [7, 11) is 0. The highest BCUT2D eigenvalue weighted by Gasteiger charge is 1.98. The number of nitrogens with two attached hydrogens (primary N) is 2. The average Bonchev–Trinajstić information content (AvgIpc) is 2.35. The van der Waals surface area contributed by atoms with E-state index in [1.165, 1.54) is 13.0 Å². The first-order chi connectivity index (χ1) is 8.99. The second-order valence-electron chi connectivity index (χ2n) is 4.00. The van der Waals surface area contributed by atoms with E-state index in [2.05, 4.69) is 10.6 Å². The van der Waals surface area contributed by atoms with Crippen molar-refractivity contribution in [2.75, 3.05) is 24.6 Å². The summed E-state index contributed by atoms with van der Waals surface area (Å²) in [5.74, 6) is -0.385. The topological polar surface area (TPSA) is 110 Å². The van der Waals surface area contributed by atoms with Gasteiger partial charge in [0.05, 0.1) is 0 Å². The Balaban J connectivity index is 0.00000361. The Bertz CT molecular complexity index is 503. The second kappa shape index (κ2) is 8.82. The highest BCUT2D eigenvalue weighted by molar-refractivity contribution is 5.92. The largest absolute Gasteiger partial charge is 0.399 e. The van der Waals surface area contributed by atoms with Crippen molar-refractivity contribution in [3.05, 3.63) is 29.8 Å². The molecule has 20 heavy (non-hydrogen) atoms. The molecule has 7 heteroatoms. The van der Waals surface area contributed by atoms with Crippen molar-refractivity contribution in [3.63, 3.8) is 0 Å². The van der Waals surface area contributed by atoms with Gasteiger partial charge in [0, 0.05) is 37.5 Å². The van der Waals surface area contributed by atoms with Gasteiger partial charge in [0.2, 0.25) is 11.8 Å². The summed E-state index contributed by atoms with van der Waals surface area (Å²) in [4.78, 5) is 22.1. The lowest BCUT2D eigenvalue weighted by Crippen LogP contribution is -2.32. The van der Waals surface area contributed by atoms with Crippen molar-refractivity contribution in [3.8, 4) is 0 Å². The van der Waals surface area contributed by atoms with Gasteiger partial charge in [-0.3, -0.25) is 9.59 Å². The van der Waals surface area contributed by atoms with Crippen molar-refractivity contribution in [2.24, 2.45) is 0 Å². The molecular weight excluding hydrogens is 280 g/mol. The van der Waals surface area contributed by atoms with Gasteiger partial charge < -0.3 is 22.1 Å². The van der Waals surface area contributed by atoms with Crippen LogP contribution in [-0.4, -0.2) is 24.9 Å². The van der Waals surface area contributed by atoms with Gasteiger partial charge in [-0.2, -0.15) is 0 Å². The number of carbonyl (C=O) groups is 2. The summed E-state index contributed by atoms with van der Waals surface area (Å²) < 4.78 is 0. The van der Waals surface area contributed by atoms with E-state index < -0.39 is 0 Å². The predicted molar refractivity (Wildman–Crippen MR) is 83.2 cm³/mol. The van der Waals surface area contributed by atoms with E-state index in [0.29, 0.717) is 30.0 Å². The first-order valence-corrected chi connectivity index (χ1v) is 5.84. The fourth-order valence-electron chi connectivity index (χ4n) is 1.39. The van der Waals surface area contributed by atoms with Crippen molar-refractivity contribution >= 4 is 41.7 Å². The van der Waals surface area contributed by atoms with Crippen LogP contribution in [0, 0.1) is 0 Å². The Morgan fingerprint density at radius 3 is 2.50 bits per heavy atom. The Morgan fingerprint density at radius 1 is 1.20 bits per heavy atom. The van der Waals surface area contributed by atoms with Crippen molar-refractivity contribution < 1.29 is 9.59 Å². The van der Waals surface area contributed by atoms with E-state index in [4.69, 9.17) is 11.5 Å². The summed E-state index contributed by atoms with van der Waals surface area (Å²) in [6.45, 7) is 2.19. The van der Waals surface area contributed by atoms with Crippen LogP contribution in [0.15, 0.2) is 24.3 Å². The molecule has 0 aliphatic rings. The third kappa shape index (κ3) is 6.65. The van der Waals surface area contributed by atoms with E-state index in [1.54, 1.807) is 24.3 Å². The quantitative estimate of drug-likeness (QED) is 0.361. The number of hydrogen-bond donors (Lipinski definition) is 4. The van der Waals surface area contributed by atoms with Gasteiger partial charge in [-0.05, 0) is 29.8 Å². The molecule has 2 amide bonds. The lowest BCUT2D eigenvalue weighted by molar-refractivity contribution is -0.119. The van der Waals surface area contributed by atoms with Crippen LogP contribution in [0.3, 0.4) is 0 Å². The highest BCUT2D eigenvalue weighted by Crippen LogP contribution is 2.16. The average molecular weight is 299 g/mol. The molecule has 1 aromatic carbocycles. The molecule has 0 aliphatic carbocycles. The third-order valence-electron chi connectivity index (χ3n) is 2.32. The molecule has 0 unspecified atom stereocenters. The summed E-state index contributed by atoms with van der Waals surface area (Å²) >= 11 is 0. The van der Waals surface area contributed by atoms with Crippen LogP contribution in [0.5, 0.6) is 0 Å². The van der Waals surface area contributed by atoms with Gasteiger partial charge in [-0.25, -0.2) is 0 Å². The third-order valence-corrected chi connectivity index (χ3v) is 2.32. The maximum atomic E-state index is 11.5. The van der Waals surface area contributed by atoms with Crippen LogP contribution in [-0.2, 0) is 9.59 Å². The fraction of sp³-hybridized carbons (Fsp3) is 0.231. The minimum Gasteiger partial charge on any atom is -0.399 e. The maximum absolute atomic E-state index is 11.5. The lowest BCUT2D eigenvalue weighted by Gasteiger charge is -2.03. The molecule has 0 bridgehead atoms. The van der Waals surface area contributed by atoms with E-state index in [9.17, 15) is 9.59 Å². The number of nitrogens with one attached hydrogen (secondary N) is 2. The van der Waals surface area contributed by atoms with Crippen LogP contribution in [0.1, 0.15) is 12.5 Å². The number of nitrogen functional groups attached to an aromatic ring is 2. The van der Waals surface area contributed by atoms with Crippen molar-refractivity contribution in [2.45, 2.75) is 6.92 Å². The molecular formula is C13H19ClN4O2. The first kappa shape index (κ1) is 17.8. The number of hydrogen-bond acceptors (Lipinski definition) is 4. The standard InChI is InChI=1S/C13H18N4O2.ClH/c1-9(18)16-6-7-17-13(19)5-2-10-8-11(14)3-4-12(10)15;/h2-5,8H,6-7,14-15H2,1H3,(H,16,18)(H,17,19);1H. The summed E-state index contributed by atoms with van der Waals surface area (Å²) in [6, 6.07) is 5.07. The number of halogens is 1. The molecule has 0 atom stereocenters. The van der Waals surface area contributed by atoms with Gasteiger partial charge in [-0.15, -0.1) is 12.4 Å². The molecule has 0 heterocycles. The van der Waals surface area contributed by atoms with Gasteiger partial charge in [-0.1, -0.05) is 0 Å². The molecule has 0 saturated carbocycles. The minimum atomic E-state index is -0.257. The number of benzene rings is 1. The Hall–Kier alpha value is -2.21. The molecule has 1 rings (SSSR count). The smallest absolute Gasteiger partial charge is 0.244 e. The second-order valence-corrected chi connectivity index (χ2v) is 4.00. The van der Waals surface area contributed by atoms with Crippen molar-refractivity contribution in [1.82, 2.24) is 10.6 Å². The minimum absolute atomic E-state index is 0. The zero-order chi connectivity index (χ0) is 14.3.